The summed E-state index contributed by atoms with van der Waals surface area (Å²) >= 11 is 0. The van der Waals surface area contributed by atoms with Gasteiger partial charge in [-0.25, -0.2) is 0 Å². The van der Waals surface area contributed by atoms with Crippen molar-refractivity contribution in [2.24, 2.45) is 0 Å². The van der Waals surface area contributed by atoms with E-state index < -0.39 is 0 Å². The molecule has 0 radical (unpaired) electrons. The minimum absolute atomic E-state index is 0. The van der Waals surface area contributed by atoms with E-state index in [1.54, 1.807) is 0 Å². The quantitative estimate of drug-likeness (QED) is 0.266. The first-order valence-corrected chi connectivity index (χ1v) is 0. The Balaban J connectivity index is 0. The van der Waals surface area contributed by atoms with Crippen molar-refractivity contribution in [2.75, 3.05) is 0 Å². The molecule has 0 aromatic heterocycles. The van der Waals surface area contributed by atoms with Gasteiger partial charge in [-0.05, 0) is 0 Å². The molecule has 0 rings (SSSR count). The van der Waals surface area contributed by atoms with Gasteiger partial charge in [0, 0.05) is 0 Å². The third-order valence-corrected chi connectivity index (χ3v) is 0. The molecule has 1 atom stereocenters. The van der Waals surface area contributed by atoms with Crippen LogP contribution in [0.4, 0.5) is 0 Å². The summed E-state index contributed by atoms with van der Waals surface area (Å²) in [5, 5.41) is 0. The molecular weight excluding hydrogens is 98.1 g/mol. The van der Waals surface area contributed by atoms with E-state index >= 15 is 0 Å². The Hall–Kier alpha value is 1.99. The molecule has 0 fully saturated rings. The van der Waals surface area contributed by atoms with Crippen LogP contribution in [0.2, 0.25) is 0 Å². The fraction of sp³-hybridized carbons (Fsp3) is 0. The van der Waals surface area contributed by atoms with E-state index in [1.807, 2.05) is 0 Å². The Labute approximate surface area is 73.8 Å². The molecule has 0 heterocycles. The van der Waals surface area contributed by atoms with Crippen LogP contribution in [0.3, 0.4) is 0 Å². The molecule has 0 spiro atoms. The number of rotatable bonds is 0. The van der Waals surface area contributed by atoms with Crippen LogP contribution in [0.15, 0.2) is 0 Å². The average molecular weight is 108 g/mol. The summed E-state index contributed by atoms with van der Waals surface area (Å²) in [5.41, 5.74) is 0. The van der Waals surface area contributed by atoms with E-state index in [0.29, 0.717) is 0 Å². The van der Waals surface area contributed by atoms with Crippen LogP contribution in [0.1, 0.15) is 1.43 Å². The maximum absolute atomic E-state index is 0. The van der Waals surface area contributed by atoms with Gasteiger partial charge in [0.05, 0.1) is 0 Å². The van der Waals surface area contributed by atoms with Crippen molar-refractivity contribution in [2.45, 2.75) is 0 Å². The van der Waals surface area contributed by atoms with Gasteiger partial charge in [0.2, 0.25) is 0 Å². The zero-order chi connectivity index (χ0) is 0. The fourth-order valence-electron chi connectivity index (χ4n) is 0. The maximum atomic E-state index is 0. The molecule has 26 valence electrons. The minimum atomic E-state index is 0. The Morgan fingerprint density at radius 2 is 1.00 bits per heavy atom. The maximum Gasteiger partial charge on any atom is 1.00 e. The van der Waals surface area contributed by atoms with Crippen LogP contribution >= 0.6 is 9.90 Å². The standard InChI is InChI=1S/K.2H3N.H3P.H/h;3*1H3;/q+1;;;;-1. The summed E-state index contributed by atoms with van der Waals surface area (Å²) in [5.74, 6) is 0. The van der Waals surface area contributed by atoms with Crippen molar-refractivity contribution in [3.8, 4) is 0 Å². The van der Waals surface area contributed by atoms with Gasteiger partial charge in [-0.15, -0.1) is 0 Å². The summed E-state index contributed by atoms with van der Waals surface area (Å²) < 4.78 is 0. The Morgan fingerprint density at radius 3 is 1.00 bits per heavy atom. The van der Waals surface area contributed by atoms with Gasteiger partial charge >= 0.3 is 51.4 Å². The Kier molecular flexibility index (Phi) is 189. The Morgan fingerprint density at radius 1 is 1.00 bits per heavy atom. The average Bonchev–Trinajstić information content (AvgIpc) is 0. The van der Waals surface area contributed by atoms with E-state index in [2.05, 4.69) is 0 Å². The molecule has 6 N–H and O–H groups in total. The number of hydrogen-bond acceptors (Lipinski definition) is 2. The molecule has 0 aliphatic carbocycles. The SMILES string of the molecule is N.N.P.[H-].[K+]. The normalized spacial score (nSPS) is 0. The summed E-state index contributed by atoms with van der Waals surface area (Å²) in [6, 6.07) is 0. The van der Waals surface area contributed by atoms with Gasteiger partial charge in [0.15, 0.2) is 0 Å². The molecule has 4 heavy (non-hydrogen) atoms. The molecule has 0 saturated heterocycles. The summed E-state index contributed by atoms with van der Waals surface area (Å²) in [4.78, 5) is 0. The zero-order valence-corrected chi connectivity index (χ0v) is 7.66. The molecular formula is H10KN2P. The van der Waals surface area contributed by atoms with Crippen molar-refractivity contribution in [1.82, 2.24) is 12.3 Å². The van der Waals surface area contributed by atoms with Gasteiger partial charge in [-0.1, -0.05) is 0 Å². The van der Waals surface area contributed by atoms with Crippen LogP contribution in [-0.4, -0.2) is 0 Å². The van der Waals surface area contributed by atoms with Crippen LogP contribution in [-0.2, 0) is 0 Å². The summed E-state index contributed by atoms with van der Waals surface area (Å²) in [7, 11) is 0. The van der Waals surface area contributed by atoms with Gasteiger partial charge in [-0.2, -0.15) is 9.90 Å². The van der Waals surface area contributed by atoms with Crippen LogP contribution in [0.5, 0.6) is 0 Å². The van der Waals surface area contributed by atoms with Crippen molar-refractivity contribution in [3.63, 3.8) is 0 Å². The molecule has 0 amide bonds. The Bertz CT molecular complexity index is 9.61. The van der Waals surface area contributed by atoms with Gasteiger partial charge < -0.3 is 13.7 Å². The molecule has 0 aromatic carbocycles. The second-order valence-corrected chi connectivity index (χ2v) is 0. The minimum Gasteiger partial charge on any atom is -1.00 e. The summed E-state index contributed by atoms with van der Waals surface area (Å²) in [6.45, 7) is 0. The topological polar surface area (TPSA) is 70.0 Å². The van der Waals surface area contributed by atoms with E-state index in [-0.39, 0.29) is 75.0 Å². The van der Waals surface area contributed by atoms with Gasteiger partial charge in [-0.3, -0.25) is 0 Å². The molecule has 2 nitrogen and oxygen atoms in total. The largest absolute Gasteiger partial charge is 1.00 e. The fourth-order valence-corrected chi connectivity index (χ4v) is 0. The predicted octanol–water partition coefficient (Wildman–Crippen LogP) is -2.50. The van der Waals surface area contributed by atoms with Crippen molar-refractivity contribution in [3.05, 3.63) is 0 Å². The third kappa shape index (κ3) is 9.01. The first-order chi connectivity index (χ1) is 0. The van der Waals surface area contributed by atoms with Crippen LogP contribution < -0.4 is 63.7 Å². The summed E-state index contributed by atoms with van der Waals surface area (Å²) in [6.07, 6.45) is 0. The van der Waals surface area contributed by atoms with Gasteiger partial charge in [0.25, 0.3) is 0 Å². The monoisotopic (exact) mass is 108 g/mol. The van der Waals surface area contributed by atoms with Gasteiger partial charge in [0.1, 0.15) is 0 Å². The molecule has 4 heteroatoms. The van der Waals surface area contributed by atoms with E-state index in [9.17, 15) is 0 Å². The molecule has 0 aliphatic rings. The smallest absolute Gasteiger partial charge is 1.00 e. The van der Waals surface area contributed by atoms with Crippen molar-refractivity contribution >= 4 is 9.90 Å². The van der Waals surface area contributed by atoms with Crippen LogP contribution in [0.25, 0.3) is 0 Å². The van der Waals surface area contributed by atoms with E-state index in [0.717, 1.165) is 0 Å². The first-order valence-electron chi connectivity index (χ1n) is 0. The van der Waals surface area contributed by atoms with Crippen molar-refractivity contribution < 1.29 is 52.8 Å². The second kappa shape index (κ2) is 20.1. The first kappa shape index (κ1) is 37.7. The molecule has 0 bridgehead atoms. The third-order valence-electron chi connectivity index (χ3n) is 0. The zero-order valence-electron chi connectivity index (χ0n) is 4.12. The molecule has 1 unspecified atom stereocenters. The molecule has 0 aromatic rings. The van der Waals surface area contributed by atoms with Crippen molar-refractivity contribution in [1.29, 1.82) is 0 Å². The van der Waals surface area contributed by atoms with Crippen LogP contribution in [0, 0.1) is 0 Å². The van der Waals surface area contributed by atoms with E-state index in [1.165, 1.54) is 0 Å². The predicted molar refractivity (Wildman–Crippen MR) is 22.3 cm³/mol. The number of hydrogen-bond donors (Lipinski definition) is 2. The second-order valence-electron chi connectivity index (χ2n) is 0. The molecule has 0 aliphatic heterocycles. The van der Waals surface area contributed by atoms with E-state index in [4.69, 9.17) is 0 Å². The molecule has 0 saturated carbocycles.